The second kappa shape index (κ2) is 9.49. The van der Waals surface area contributed by atoms with Crippen LogP contribution in [0.2, 0.25) is 0 Å². The first-order valence-corrected chi connectivity index (χ1v) is 17.3. The molecule has 0 N–H and O–H groups in total. The normalized spacial score (nSPS) is 12.4. The summed E-state index contributed by atoms with van der Waals surface area (Å²) in [4.78, 5) is 0. The van der Waals surface area contributed by atoms with Crippen LogP contribution in [0.25, 0.3) is 115 Å². The van der Waals surface area contributed by atoms with Crippen molar-refractivity contribution in [2.24, 2.45) is 0 Å². The minimum absolute atomic E-state index is 0.923. The molecule has 0 saturated heterocycles. The number of benzene rings is 9. The van der Waals surface area contributed by atoms with Crippen LogP contribution in [0.5, 0.6) is 0 Å². The smallest absolute Gasteiger partial charge is 0.136 e. The van der Waals surface area contributed by atoms with Crippen LogP contribution in [0.4, 0.5) is 0 Å². The standard InChI is InChI=1S/C48H27NO/c1-2-9-36-35(8-1)40-13-7-12-39-34(20-21-41(36)48(39)40)30-17-16-29-23-33(19-18-28(29)22-30)49-44-14-5-3-10-37(44)42-24-31-25-43-38-11-4-6-15-46(38)50-47(43)27-32(31)26-45(42)49/h1-27H. The second-order valence-electron chi connectivity index (χ2n) is 13.7. The number of para-hydroxylation sites is 2. The molecule has 0 bridgehead atoms. The van der Waals surface area contributed by atoms with Gasteiger partial charge in [-0.1, -0.05) is 109 Å². The second-order valence-corrected chi connectivity index (χ2v) is 13.7. The van der Waals surface area contributed by atoms with Crippen LogP contribution in [0, 0.1) is 0 Å². The van der Waals surface area contributed by atoms with Crippen LogP contribution in [0.1, 0.15) is 0 Å². The Morgan fingerprint density at radius 2 is 1.02 bits per heavy atom. The molecule has 0 atom stereocenters. The minimum atomic E-state index is 0.923. The minimum Gasteiger partial charge on any atom is -0.456 e. The maximum absolute atomic E-state index is 6.28. The van der Waals surface area contributed by atoms with Crippen molar-refractivity contribution in [2.45, 2.75) is 0 Å². The summed E-state index contributed by atoms with van der Waals surface area (Å²) in [6, 6.07) is 60.2. The summed E-state index contributed by atoms with van der Waals surface area (Å²) in [5, 5.41) is 12.3. The van der Waals surface area contributed by atoms with E-state index in [-0.39, 0.29) is 0 Å². The van der Waals surface area contributed by atoms with Gasteiger partial charge < -0.3 is 8.98 Å². The van der Waals surface area contributed by atoms with Crippen molar-refractivity contribution in [3.05, 3.63) is 164 Å². The summed E-state index contributed by atoms with van der Waals surface area (Å²) in [7, 11) is 0. The Morgan fingerprint density at radius 3 is 1.94 bits per heavy atom. The van der Waals surface area contributed by atoms with Gasteiger partial charge in [0.2, 0.25) is 0 Å². The summed E-state index contributed by atoms with van der Waals surface area (Å²) in [6.07, 6.45) is 0. The molecule has 2 aromatic heterocycles. The quantitative estimate of drug-likeness (QED) is 0.185. The Kier molecular flexibility index (Phi) is 5.00. The van der Waals surface area contributed by atoms with Crippen molar-refractivity contribution >= 4 is 76.1 Å². The molecule has 0 amide bonds. The largest absolute Gasteiger partial charge is 0.456 e. The fourth-order valence-corrected chi connectivity index (χ4v) is 8.81. The zero-order valence-corrected chi connectivity index (χ0v) is 26.9. The number of hydrogen-bond donors (Lipinski definition) is 0. The Hall–Kier alpha value is -6.64. The average Bonchev–Trinajstić information content (AvgIpc) is 3.81. The highest BCUT2D eigenvalue weighted by molar-refractivity contribution is 6.19. The zero-order valence-electron chi connectivity index (χ0n) is 26.9. The predicted octanol–water partition coefficient (Wildman–Crippen LogP) is 13.5. The van der Waals surface area contributed by atoms with Gasteiger partial charge in [-0.25, -0.2) is 0 Å². The van der Waals surface area contributed by atoms with Gasteiger partial charge in [-0.3, -0.25) is 0 Å². The molecule has 0 unspecified atom stereocenters. The van der Waals surface area contributed by atoms with Crippen molar-refractivity contribution in [3.63, 3.8) is 0 Å². The number of nitrogens with zero attached hydrogens (tertiary/aromatic N) is 1. The van der Waals surface area contributed by atoms with Crippen LogP contribution in [-0.4, -0.2) is 4.57 Å². The summed E-state index contributed by atoms with van der Waals surface area (Å²) in [5.41, 5.74) is 13.3. The van der Waals surface area contributed by atoms with Crippen LogP contribution in [-0.2, 0) is 0 Å². The summed E-state index contributed by atoms with van der Waals surface area (Å²) >= 11 is 0. The molecule has 0 fully saturated rings. The number of aromatic nitrogens is 1. The molecule has 2 nitrogen and oxygen atoms in total. The SMILES string of the molecule is c1ccc2c(c1)-c1cccc3c(-c4ccc5cc(-n6c7ccccc7c7cc8cc9c(cc8cc76)oc6ccccc69)ccc5c4)ccc-2c13. The van der Waals surface area contributed by atoms with E-state index in [0.717, 1.165) is 27.6 Å². The first kappa shape index (κ1) is 26.3. The summed E-state index contributed by atoms with van der Waals surface area (Å²) in [6.45, 7) is 0. The maximum atomic E-state index is 6.28. The van der Waals surface area contributed by atoms with E-state index in [2.05, 4.69) is 156 Å². The lowest BCUT2D eigenvalue weighted by atomic mass is 9.93. The molecule has 9 aromatic carbocycles. The number of hydrogen-bond acceptors (Lipinski definition) is 1. The van der Waals surface area contributed by atoms with Gasteiger partial charge in [0, 0.05) is 27.2 Å². The molecule has 0 saturated carbocycles. The summed E-state index contributed by atoms with van der Waals surface area (Å²) < 4.78 is 8.70. The van der Waals surface area contributed by atoms with Crippen LogP contribution >= 0.6 is 0 Å². The Morgan fingerprint density at radius 1 is 0.340 bits per heavy atom. The molecular formula is C48H27NO. The van der Waals surface area contributed by atoms with Crippen LogP contribution < -0.4 is 0 Å². The van der Waals surface area contributed by atoms with E-state index < -0.39 is 0 Å². The van der Waals surface area contributed by atoms with Gasteiger partial charge >= 0.3 is 0 Å². The number of furan rings is 1. The molecule has 2 heterocycles. The highest BCUT2D eigenvalue weighted by atomic mass is 16.3. The predicted molar refractivity (Wildman–Crippen MR) is 210 cm³/mol. The van der Waals surface area contributed by atoms with Crippen molar-refractivity contribution in [3.8, 4) is 39.1 Å². The number of fused-ring (bicyclic) bond motifs is 11. The van der Waals surface area contributed by atoms with E-state index in [4.69, 9.17) is 4.42 Å². The van der Waals surface area contributed by atoms with Crippen molar-refractivity contribution in [1.82, 2.24) is 4.57 Å². The average molecular weight is 634 g/mol. The fourth-order valence-electron chi connectivity index (χ4n) is 8.81. The molecule has 1 aliphatic rings. The van der Waals surface area contributed by atoms with E-state index in [1.165, 1.54) is 87.5 Å². The molecule has 12 rings (SSSR count). The Balaban J connectivity index is 1.02. The van der Waals surface area contributed by atoms with Gasteiger partial charge in [0.1, 0.15) is 11.2 Å². The topological polar surface area (TPSA) is 18.1 Å². The van der Waals surface area contributed by atoms with E-state index in [0.29, 0.717) is 0 Å². The summed E-state index contributed by atoms with van der Waals surface area (Å²) in [5.74, 6) is 0. The van der Waals surface area contributed by atoms with Gasteiger partial charge in [0.05, 0.1) is 11.0 Å². The highest BCUT2D eigenvalue weighted by Crippen LogP contribution is 2.49. The van der Waals surface area contributed by atoms with E-state index >= 15 is 0 Å². The molecule has 11 aromatic rings. The fraction of sp³-hybridized carbons (Fsp3) is 0. The molecule has 2 heteroatoms. The van der Waals surface area contributed by atoms with Gasteiger partial charge in [-0.15, -0.1) is 0 Å². The van der Waals surface area contributed by atoms with Crippen molar-refractivity contribution in [2.75, 3.05) is 0 Å². The zero-order chi connectivity index (χ0) is 32.5. The van der Waals surface area contributed by atoms with Crippen molar-refractivity contribution < 1.29 is 4.42 Å². The van der Waals surface area contributed by atoms with Gasteiger partial charge in [-0.2, -0.15) is 0 Å². The third-order valence-electron chi connectivity index (χ3n) is 11.1. The Bertz CT molecular complexity index is 3240. The lowest BCUT2D eigenvalue weighted by Gasteiger charge is -2.12. The lowest BCUT2D eigenvalue weighted by molar-refractivity contribution is 0.669. The first-order chi connectivity index (χ1) is 24.8. The first-order valence-electron chi connectivity index (χ1n) is 17.3. The van der Waals surface area contributed by atoms with Crippen LogP contribution in [0.3, 0.4) is 0 Å². The molecule has 0 radical (unpaired) electrons. The molecule has 50 heavy (non-hydrogen) atoms. The Labute approximate surface area is 287 Å². The molecule has 0 aliphatic heterocycles. The third-order valence-corrected chi connectivity index (χ3v) is 11.1. The van der Waals surface area contributed by atoms with E-state index in [1.807, 2.05) is 12.1 Å². The molecule has 1 aliphatic carbocycles. The molecular weight excluding hydrogens is 607 g/mol. The number of rotatable bonds is 2. The van der Waals surface area contributed by atoms with Gasteiger partial charge in [0.25, 0.3) is 0 Å². The lowest BCUT2D eigenvalue weighted by Crippen LogP contribution is -1.94. The van der Waals surface area contributed by atoms with E-state index in [1.54, 1.807) is 0 Å². The maximum Gasteiger partial charge on any atom is 0.136 e. The van der Waals surface area contributed by atoms with Gasteiger partial charge in [0.15, 0.2) is 0 Å². The monoisotopic (exact) mass is 633 g/mol. The van der Waals surface area contributed by atoms with Crippen LogP contribution in [0.15, 0.2) is 168 Å². The third kappa shape index (κ3) is 3.47. The van der Waals surface area contributed by atoms with E-state index in [9.17, 15) is 0 Å². The molecule has 230 valence electrons. The van der Waals surface area contributed by atoms with Gasteiger partial charge in [-0.05, 0) is 120 Å². The van der Waals surface area contributed by atoms with Crippen molar-refractivity contribution in [1.29, 1.82) is 0 Å². The molecule has 0 spiro atoms. The highest BCUT2D eigenvalue weighted by Gasteiger charge is 2.22.